The molecule has 0 aromatic heterocycles. The molecular weight excluding hydrogens is 968 g/mol. The van der Waals surface area contributed by atoms with Crippen LogP contribution in [-0.2, 0) is 0 Å². The van der Waals surface area contributed by atoms with Gasteiger partial charge in [0.1, 0.15) is 17.5 Å². The molecule has 0 saturated heterocycles. The first-order valence-corrected chi connectivity index (χ1v) is 26.4. The van der Waals surface area contributed by atoms with Gasteiger partial charge in [0.05, 0.1) is 29.8 Å². The highest BCUT2D eigenvalue weighted by Crippen LogP contribution is 2.57. The van der Waals surface area contributed by atoms with Crippen molar-refractivity contribution >= 4 is 155 Å². The summed E-state index contributed by atoms with van der Waals surface area (Å²) < 4.78 is 67.7. The standard InChI is InChI=1S/C66H37B3F3N5O/c70-45-23-6-11-28-50(45)74-49-27-10-5-20-40(49)67-41-21-14-33-59-64(41)77-65-42(22-15-34-60(65)78-59)69-44-35-43-55(36-56(44)76(52-30-13-8-25-47(52)72)58-37-57(74)62(67)66(77)63(58)69)75(51-29-12-7-24-46(51)71)54-32-16-31-53-61(54)68(43)39-19-4-9-26-48(39)73(53)38-17-2-1-3-18-38/h1-37H/i17D. The van der Waals surface area contributed by atoms with E-state index in [-0.39, 0.29) is 19.2 Å². The van der Waals surface area contributed by atoms with Crippen molar-refractivity contribution in [3.05, 3.63) is 242 Å². The van der Waals surface area contributed by atoms with Gasteiger partial charge in [-0.3, -0.25) is 0 Å². The zero-order chi connectivity index (χ0) is 52.1. The summed E-state index contributed by atoms with van der Waals surface area (Å²) in [7, 11) is 0. The lowest BCUT2D eigenvalue weighted by Gasteiger charge is -2.52. The maximum Gasteiger partial charge on any atom is 0.252 e. The summed E-state index contributed by atoms with van der Waals surface area (Å²) in [4.78, 5) is 10.7. The second-order valence-electron chi connectivity index (χ2n) is 21.0. The van der Waals surface area contributed by atoms with Crippen molar-refractivity contribution < 1.29 is 19.3 Å². The van der Waals surface area contributed by atoms with E-state index < -0.39 is 18.3 Å². The molecule has 0 fully saturated rings. The second-order valence-corrected chi connectivity index (χ2v) is 21.0. The number of halogens is 3. The number of hydrogen-bond donors (Lipinski definition) is 0. The average molecular weight is 1010 g/mol. The molecule has 0 radical (unpaired) electrons. The molecule has 7 heterocycles. The molecule has 362 valence electrons. The van der Waals surface area contributed by atoms with E-state index in [1.54, 1.807) is 18.2 Å². The Balaban J connectivity index is 0.998. The van der Waals surface area contributed by atoms with Crippen molar-refractivity contribution in [1.29, 1.82) is 0 Å². The van der Waals surface area contributed by atoms with Gasteiger partial charge in [-0.15, -0.1) is 0 Å². The average Bonchev–Trinajstić information content (AvgIpc) is 2.60. The second kappa shape index (κ2) is 15.2. The van der Waals surface area contributed by atoms with E-state index in [0.717, 1.165) is 117 Å². The highest BCUT2D eigenvalue weighted by Gasteiger charge is 2.55. The summed E-state index contributed by atoms with van der Waals surface area (Å²) in [5, 5.41) is 0. The molecule has 11 aromatic rings. The van der Waals surface area contributed by atoms with E-state index in [0.29, 0.717) is 34.5 Å². The van der Waals surface area contributed by atoms with Crippen molar-refractivity contribution in [2.24, 2.45) is 0 Å². The first kappa shape index (κ1) is 41.5. The van der Waals surface area contributed by atoms with E-state index in [2.05, 4.69) is 111 Å². The van der Waals surface area contributed by atoms with Crippen molar-refractivity contribution in [3.8, 4) is 11.5 Å². The van der Waals surface area contributed by atoms with Crippen molar-refractivity contribution in [2.75, 3.05) is 24.5 Å². The van der Waals surface area contributed by atoms with Gasteiger partial charge in [0.15, 0.2) is 11.5 Å². The molecule has 7 aliphatic rings. The highest BCUT2D eigenvalue weighted by atomic mass is 19.1. The fourth-order valence-corrected chi connectivity index (χ4v) is 14.5. The van der Waals surface area contributed by atoms with Crippen LogP contribution in [0.15, 0.2) is 224 Å². The van der Waals surface area contributed by atoms with Crippen LogP contribution >= 0.6 is 0 Å². The van der Waals surface area contributed by atoms with Gasteiger partial charge in [0, 0.05) is 56.9 Å². The number of benzene rings is 11. The van der Waals surface area contributed by atoms with Crippen LogP contribution in [0, 0.1) is 17.5 Å². The topological polar surface area (TPSA) is 25.4 Å². The number of ether oxygens (including phenoxy) is 1. The summed E-state index contributed by atoms with van der Waals surface area (Å²) in [6.45, 7) is -1.09. The van der Waals surface area contributed by atoms with Gasteiger partial charge >= 0.3 is 0 Å². The van der Waals surface area contributed by atoms with Crippen LogP contribution < -0.4 is 78.4 Å². The maximum atomic E-state index is 17.5. The van der Waals surface area contributed by atoms with Crippen LogP contribution in [0.1, 0.15) is 1.37 Å². The zero-order valence-electron chi connectivity index (χ0n) is 42.3. The van der Waals surface area contributed by atoms with Crippen LogP contribution in [0.3, 0.4) is 0 Å². The molecular formula is C66H37B3F3N5O. The number of nitrogens with zero attached hydrogens (tertiary/aromatic N) is 5. The number of rotatable bonds is 4. The van der Waals surface area contributed by atoms with Gasteiger partial charge in [-0.1, -0.05) is 127 Å². The van der Waals surface area contributed by atoms with Crippen molar-refractivity contribution in [1.82, 2.24) is 0 Å². The molecule has 78 heavy (non-hydrogen) atoms. The zero-order valence-corrected chi connectivity index (χ0v) is 41.3. The Bertz CT molecular complexity index is 4600. The minimum atomic E-state index is -0.441. The number of para-hydroxylation sites is 8. The van der Waals surface area contributed by atoms with Gasteiger partial charge in [0.2, 0.25) is 0 Å². The fraction of sp³-hybridized carbons (Fsp3) is 0. The van der Waals surface area contributed by atoms with Crippen LogP contribution in [0.25, 0.3) is 0 Å². The fourth-order valence-electron chi connectivity index (χ4n) is 14.5. The highest BCUT2D eigenvalue weighted by molar-refractivity contribution is 7.06. The molecule has 0 unspecified atom stereocenters. The van der Waals surface area contributed by atoms with Crippen molar-refractivity contribution in [2.45, 2.75) is 0 Å². The molecule has 0 spiro atoms. The lowest BCUT2D eigenvalue weighted by atomic mass is 9.28. The van der Waals surface area contributed by atoms with E-state index in [4.69, 9.17) is 4.74 Å². The Hall–Kier alpha value is -9.80. The van der Waals surface area contributed by atoms with Gasteiger partial charge in [-0.25, -0.2) is 13.2 Å². The first-order valence-electron chi connectivity index (χ1n) is 26.9. The Morgan fingerprint density at radius 2 is 0.705 bits per heavy atom. The van der Waals surface area contributed by atoms with Gasteiger partial charge in [0.25, 0.3) is 20.1 Å². The Kier molecular flexibility index (Phi) is 8.08. The predicted octanol–water partition coefficient (Wildman–Crippen LogP) is 11.0. The quantitative estimate of drug-likeness (QED) is 0.163. The molecule has 0 atom stereocenters. The number of fused-ring (bicyclic) bond motifs is 10. The van der Waals surface area contributed by atoms with Crippen LogP contribution in [0.4, 0.5) is 98.5 Å². The Morgan fingerprint density at radius 1 is 0.295 bits per heavy atom. The van der Waals surface area contributed by atoms with E-state index in [1.165, 1.54) is 18.2 Å². The number of hydrogen-bond acceptors (Lipinski definition) is 6. The molecule has 0 amide bonds. The first-order chi connectivity index (χ1) is 38.9. The molecule has 12 heteroatoms. The third-order valence-corrected chi connectivity index (χ3v) is 17.3. The van der Waals surface area contributed by atoms with E-state index in [9.17, 15) is 1.37 Å². The molecule has 18 rings (SSSR count). The SMILES string of the molecule is [2H]c1ccccc1N1c2ccccc2B2c3cc4c(cc3N(c3ccccc3F)c3cccc1c32)N(c1ccccc1F)c1cc2c3c5c1B4c1cccc4c1N5c1c(cccc1B3c1ccccc1N2c1ccccc1F)O4. The molecule has 6 nitrogen and oxygen atoms in total. The summed E-state index contributed by atoms with van der Waals surface area (Å²) in [5.74, 6) is 0.243. The molecule has 0 aliphatic carbocycles. The lowest BCUT2D eigenvalue weighted by Crippen LogP contribution is -2.69. The van der Waals surface area contributed by atoms with Gasteiger partial charge < -0.3 is 29.2 Å². The summed E-state index contributed by atoms with van der Waals surface area (Å²) in [6, 6.07) is 70.8. The molecule has 0 bridgehead atoms. The Labute approximate surface area is 449 Å². The molecule has 0 saturated carbocycles. The van der Waals surface area contributed by atoms with Crippen LogP contribution in [-0.4, -0.2) is 20.1 Å². The summed E-state index contributed by atoms with van der Waals surface area (Å²) in [5.41, 5.74) is 20.1. The minimum absolute atomic E-state index is 0.289. The maximum absolute atomic E-state index is 17.5. The molecule has 7 aliphatic heterocycles. The van der Waals surface area contributed by atoms with Crippen LogP contribution in [0.2, 0.25) is 0 Å². The third-order valence-electron chi connectivity index (χ3n) is 17.3. The normalized spacial score (nSPS) is 14.7. The Morgan fingerprint density at radius 3 is 1.27 bits per heavy atom. The molecule has 11 aromatic carbocycles. The van der Waals surface area contributed by atoms with Gasteiger partial charge in [-0.05, 0) is 146 Å². The van der Waals surface area contributed by atoms with E-state index >= 15 is 13.2 Å². The monoisotopic (exact) mass is 1010 g/mol. The lowest BCUT2D eigenvalue weighted by molar-refractivity contribution is 0.478. The smallest absolute Gasteiger partial charge is 0.252 e. The summed E-state index contributed by atoms with van der Waals surface area (Å²) in [6.07, 6.45) is 0. The molecule has 0 N–H and O–H groups in total. The third kappa shape index (κ3) is 5.27. The largest absolute Gasteiger partial charge is 0.453 e. The minimum Gasteiger partial charge on any atom is -0.453 e. The van der Waals surface area contributed by atoms with E-state index in [1.807, 2.05) is 95.9 Å². The predicted molar refractivity (Wildman–Crippen MR) is 314 cm³/mol. The van der Waals surface area contributed by atoms with Crippen molar-refractivity contribution in [3.63, 3.8) is 0 Å². The summed E-state index contributed by atoms with van der Waals surface area (Å²) >= 11 is 0. The number of anilines is 15. The van der Waals surface area contributed by atoms with Gasteiger partial charge in [-0.2, -0.15) is 0 Å². The van der Waals surface area contributed by atoms with Crippen LogP contribution in [0.5, 0.6) is 11.5 Å².